The van der Waals surface area contributed by atoms with Gasteiger partial charge in [0.25, 0.3) is 0 Å². The van der Waals surface area contributed by atoms with Gasteiger partial charge in [-0.15, -0.1) is 0 Å². The summed E-state index contributed by atoms with van der Waals surface area (Å²) in [4.78, 5) is 0. The van der Waals surface area contributed by atoms with Gasteiger partial charge in [0, 0.05) is 13.2 Å². The van der Waals surface area contributed by atoms with E-state index in [-0.39, 0.29) is 5.60 Å². The van der Waals surface area contributed by atoms with Crippen LogP contribution in [-0.4, -0.2) is 18.8 Å². The second-order valence-electron chi connectivity index (χ2n) is 5.15. The summed E-state index contributed by atoms with van der Waals surface area (Å²) in [5, 5.41) is 0. The lowest BCUT2D eigenvalue weighted by Crippen LogP contribution is -2.39. The Hall–Kier alpha value is -0.120. The van der Waals surface area contributed by atoms with E-state index in [0.717, 1.165) is 24.7 Å². The molecule has 0 heterocycles. The molecule has 0 aromatic carbocycles. The predicted molar refractivity (Wildman–Crippen MR) is 58.7 cm³/mol. The first-order valence-electron chi connectivity index (χ1n) is 5.51. The molecule has 1 saturated carbocycles. The van der Waals surface area contributed by atoms with E-state index < -0.39 is 0 Å². The minimum atomic E-state index is -0.0206. The number of nitrogens with two attached hydrogens (primary N) is 1. The van der Waals surface area contributed by atoms with Crippen molar-refractivity contribution in [3.05, 3.63) is 0 Å². The van der Waals surface area contributed by atoms with Crippen LogP contribution in [0.2, 0.25) is 0 Å². The first-order chi connectivity index (χ1) is 6.50. The molecule has 1 fully saturated rings. The number of hydrazine groups is 1. The van der Waals surface area contributed by atoms with Crippen LogP contribution in [0.25, 0.3) is 0 Å². The van der Waals surface area contributed by atoms with E-state index in [2.05, 4.69) is 26.2 Å². The Morgan fingerprint density at radius 3 is 2.50 bits per heavy atom. The second kappa shape index (κ2) is 4.60. The third-order valence-electron chi connectivity index (χ3n) is 3.51. The molecule has 14 heavy (non-hydrogen) atoms. The average Bonchev–Trinajstić information content (AvgIpc) is 2.84. The Balaban J connectivity index is 2.28. The molecule has 1 rings (SSSR count). The summed E-state index contributed by atoms with van der Waals surface area (Å²) in [5.74, 6) is 7.19. The average molecular weight is 200 g/mol. The van der Waals surface area contributed by atoms with Gasteiger partial charge in [-0.05, 0) is 44.9 Å². The molecule has 0 bridgehead atoms. The Bertz CT molecular complexity index is 182. The standard InChI is InChI=1S/C11H24N2O/c1-8-7-9(8)10(13-12)5-6-11(2,3)14-4/h8-10,13H,5-7,12H2,1-4H3. The number of ether oxygens (including phenoxy) is 1. The smallest absolute Gasteiger partial charge is 0.0623 e. The maximum absolute atomic E-state index is 5.56. The van der Waals surface area contributed by atoms with Crippen LogP contribution in [-0.2, 0) is 4.74 Å². The van der Waals surface area contributed by atoms with Crippen LogP contribution in [0.15, 0.2) is 0 Å². The van der Waals surface area contributed by atoms with Crippen molar-refractivity contribution < 1.29 is 4.74 Å². The van der Waals surface area contributed by atoms with Crippen LogP contribution in [0, 0.1) is 11.8 Å². The molecule has 0 spiro atoms. The molecule has 3 atom stereocenters. The van der Waals surface area contributed by atoms with Crippen LogP contribution in [0.3, 0.4) is 0 Å². The highest BCUT2D eigenvalue weighted by Crippen LogP contribution is 2.42. The maximum Gasteiger partial charge on any atom is 0.0623 e. The van der Waals surface area contributed by atoms with Gasteiger partial charge in [-0.1, -0.05) is 6.92 Å². The Kier molecular flexibility index (Phi) is 3.93. The molecule has 0 aromatic rings. The normalized spacial score (nSPS) is 28.9. The van der Waals surface area contributed by atoms with Gasteiger partial charge in [-0.2, -0.15) is 0 Å². The topological polar surface area (TPSA) is 47.3 Å². The number of hydrogen-bond donors (Lipinski definition) is 2. The summed E-state index contributed by atoms with van der Waals surface area (Å²) in [7, 11) is 1.77. The fraction of sp³-hybridized carbons (Fsp3) is 1.00. The summed E-state index contributed by atoms with van der Waals surface area (Å²) in [6.07, 6.45) is 3.48. The molecule has 3 N–H and O–H groups in total. The summed E-state index contributed by atoms with van der Waals surface area (Å²) < 4.78 is 5.39. The van der Waals surface area contributed by atoms with Crippen LogP contribution in [0.5, 0.6) is 0 Å². The van der Waals surface area contributed by atoms with Gasteiger partial charge in [-0.3, -0.25) is 11.3 Å². The minimum absolute atomic E-state index is 0.0206. The van der Waals surface area contributed by atoms with Crippen molar-refractivity contribution in [2.75, 3.05) is 7.11 Å². The van der Waals surface area contributed by atoms with Gasteiger partial charge in [0.2, 0.25) is 0 Å². The zero-order valence-corrected chi connectivity index (χ0v) is 9.84. The van der Waals surface area contributed by atoms with E-state index in [1.807, 2.05) is 0 Å². The Morgan fingerprint density at radius 1 is 1.57 bits per heavy atom. The third kappa shape index (κ3) is 3.23. The highest BCUT2D eigenvalue weighted by molar-refractivity contribution is 4.92. The molecule has 3 heteroatoms. The van der Waals surface area contributed by atoms with Gasteiger partial charge < -0.3 is 4.74 Å². The molecule has 3 unspecified atom stereocenters. The summed E-state index contributed by atoms with van der Waals surface area (Å²) >= 11 is 0. The van der Waals surface area contributed by atoms with E-state index >= 15 is 0 Å². The zero-order valence-electron chi connectivity index (χ0n) is 9.84. The van der Waals surface area contributed by atoms with Gasteiger partial charge in [0.1, 0.15) is 0 Å². The first-order valence-corrected chi connectivity index (χ1v) is 5.51. The summed E-state index contributed by atoms with van der Waals surface area (Å²) in [5.41, 5.74) is 2.91. The van der Waals surface area contributed by atoms with E-state index in [9.17, 15) is 0 Å². The molecule has 0 aromatic heterocycles. The molecule has 0 saturated heterocycles. The van der Waals surface area contributed by atoms with Gasteiger partial charge in [-0.25, -0.2) is 0 Å². The number of methoxy groups -OCH3 is 1. The van der Waals surface area contributed by atoms with E-state index in [0.29, 0.717) is 6.04 Å². The number of nitrogens with one attached hydrogen (secondary N) is 1. The molecular weight excluding hydrogens is 176 g/mol. The SMILES string of the molecule is COC(C)(C)CCC(NN)C1CC1C. The van der Waals surface area contributed by atoms with Crippen molar-refractivity contribution in [2.45, 2.75) is 51.7 Å². The molecule has 84 valence electrons. The lowest BCUT2D eigenvalue weighted by molar-refractivity contribution is 0.0111. The van der Waals surface area contributed by atoms with Crippen molar-refractivity contribution in [2.24, 2.45) is 17.7 Å². The van der Waals surface area contributed by atoms with Gasteiger partial charge >= 0.3 is 0 Å². The van der Waals surface area contributed by atoms with E-state index in [4.69, 9.17) is 10.6 Å². The first kappa shape index (κ1) is 12.0. The molecule has 0 amide bonds. The zero-order chi connectivity index (χ0) is 10.8. The van der Waals surface area contributed by atoms with Crippen molar-refractivity contribution in [1.82, 2.24) is 5.43 Å². The van der Waals surface area contributed by atoms with Crippen LogP contribution in [0.1, 0.15) is 40.0 Å². The monoisotopic (exact) mass is 200 g/mol. The third-order valence-corrected chi connectivity index (χ3v) is 3.51. The fourth-order valence-corrected chi connectivity index (χ4v) is 1.94. The largest absolute Gasteiger partial charge is 0.379 e. The molecule has 1 aliphatic carbocycles. The number of hydrogen-bond acceptors (Lipinski definition) is 3. The molecule has 0 radical (unpaired) electrons. The lowest BCUT2D eigenvalue weighted by atomic mass is 9.96. The van der Waals surface area contributed by atoms with Crippen molar-refractivity contribution in [1.29, 1.82) is 0 Å². The van der Waals surface area contributed by atoms with Crippen LogP contribution >= 0.6 is 0 Å². The maximum atomic E-state index is 5.56. The molecule has 0 aliphatic heterocycles. The van der Waals surface area contributed by atoms with E-state index in [1.165, 1.54) is 6.42 Å². The van der Waals surface area contributed by atoms with Crippen molar-refractivity contribution >= 4 is 0 Å². The number of rotatable bonds is 6. The second-order valence-corrected chi connectivity index (χ2v) is 5.15. The van der Waals surface area contributed by atoms with Crippen molar-refractivity contribution in [3.63, 3.8) is 0 Å². The Labute approximate surface area is 87.4 Å². The highest BCUT2D eigenvalue weighted by atomic mass is 16.5. The summed E-state index contributed by atoms with van der Waals surface area (Å²) in [6.45, 7) is 6.53. The highest BCUT2D eigenvalue weighted by Gasteiger charge is 2.39. The minimum Gasteiger partial charge on any atom is -0.379 e. The Morgan fingerprint density at radius 2 is 2.14 bits per heavy atom. The fourth-order valence-electron chi connectivity index (χ4n) is 1.94. The molecule has 3 nitrogen and oxygen atoms in total. The summed E-state index contributed by atoms with van der Waals surface area (Å²) in [6, 6.07) is 0.472. The molecular formula is C11H24N2O. The van der Waals surface area contributed by atoms with Gasteiger partial charge in [0.15, 0.2) is 0 Å². The molecule has 1 aliphatic rings. The lowest BCUT2D eigenvalue weighted by Gasteiger charge is -2.25. The van der Waals surface area contributed by atoms with Gasteiger partial charge in [0.05, 0.1) is 5.60 Å². The van der Waals surface area contributed by atoms with Crippen molar-refractivity contribution in [3.8, 4) is 0 Å². The van der Waals surface area contributed by atoms with Crippen LogP contribution in [0.4, 0.5) is 0 Å². The van der Waals surface area contributed by atoms with Crippen LogP contribution < -0.4 is 11.3 Å². The van der Waals surface area contributed by atoms with E-state index in [1.54, 1.807) is 7.11 Å². The quantitative estimate of drug-likeness (QED) is 0.506. The predicted octanol–water partition coefficient (Wildman–Crippen LogP) is 1.68.